The second-order valence-electron chi connectivity index (χ2n) is 6.64. The predicted octanol–water partition coefficient (Wildman–Crippen LogP) is 2.73. The predicted molar refractivity (Wildman–Crippen MR) is 100 cm³/mol. The first-order valence-corrected chi connectivity index (χ1v) is 9.04. The molecule has 25 heavy (non-hydrogen) atoms. The minimum Gasteiger partial charge on any atom is -0.378 e. The molecule has 5 nitrogen and oxygen atoms in total. The number of ether oxygens (including phenoxy) is 2. The lowest BCUT2D eigenvalue weighted by Gasteiger charge is -2.32. The fraction of sp³-hybridized carbons (Fsp3) is 0.450. The molecule has 0 bridgehead atoms. The summed E-state index contributed by atoms with van der Waals surface area (Å²) >= 11 is 0. The van der Waals surface area contributed by atoms with E-state index in [1.807, 2.05) is 0 Å². The lowest BCUT2D eigenvalue weighted by Crippen LogP contribution is -2.38. The molecule has 2 aliphatic rings. The minimum atomic E-state index is 0.767. The van der Waals surface area contributed by atoms with Crippen molar-refractivity contribution in [2.24, 2.45) is 0 Å². The third kappa shape index (κ3) is 3.78. The number of hydrogen-bond donors (Lipinski definition) is 0. The Morgan fingerprint density at radius 2 is 1.52 bits per heavy atom. The number of morpholine rings is 2. The minimum absolute atomic E-state index is 0.767. The number of hydrogen-bond acceptors (Lipinski definition) is 5. The molecule has 2 saturated heterocycles. The van der Waals surface area contributed by atoms with Gasteiger partial charge in [-0.2, -0.15) is 0 Å². The SMILES string of the molecule is Cc1cccc(-c2cc(N3CCOCC3)cc(N3CCOCC3)n2)c1. The van der Waals surface area contributed by atoms with Crippen molar-refractivity contribution < 1.29 is 9.47 Å². The molecule has 132 valence electrons. The van der Waals surface area contributed by atoms with Gasteiger partial charge >= 0.3 is 0 Å². The van der Waals surface area contributed by atoms with Crippen LogP contribution in [0, 0.1) is 6.92 Å². The van der Waals surface area contributed by atoms with Crippen LogP contribution in [-0.4, -0.2) is 57.6 Å². The van der Waals surface area contributed by atoms with Gasteiger partial charge < -0.3 is 19.3 Å². The van der Waals surface area contributed by atoms with E-state index in [0.717, 1.165) is 64.1 Å². The fourth-order valence-electron chi connectivity index (χ4n) is 3.41. The number of nitrogens with zero attached hydrogens (tertiary/aromatic N) is 3. The van der Waals surface area contributed by atoms with Crippen LogP contribution < -0.4 is 9.80 Å². The van der Waals surface area contributed by atoms with Crippen molar-refractivity contribution in [2.75, 3.05) is 62.4 Å². The van der Waals surface area contributed by atoms with Gasteiger partial charge in [-0.25, -0.2) is 4.98 Å². The molecule has 1 aromatic heterocycles. The van der Waals surface area contributed by atoms with Gasteiger partial charge in [-0.15, -0.1) is 0 Å². The first kappa shape index (κ1) is 16.4. The maximum atomic E-state index is 5.51. The molecule has 0 amide bonds. The van der Waals surface area contributed by atoms with Crippen molar-refractivity contribution in [3.05, 3.63) is 42.0 Å². The molecule has 0 radical (unpaired) electrons. The Balaban J connectivity index is 1.73. The van der Waals surface area contributed by atoms with E-state index < -0.39 is 0 Å². The summed E-state index contributed by atoms with van der Waals surface area (Å²) < 4.78 is 11.0. The zero-order valence-electron chi connectivity index (χ0n) is 14.8. The van der Waals surface area contributed by atoms with Gasteiger partial charge in [-0.05, 0) is 19.1 Å². The van der Waals surface area contributed by atoms with Crippen molar-refractivity contribution in [2.45, 2.75) is 6.92 Å². The summed E-state index contributed by atoms with van der Waals surface area (Å²) in [7, 11) is 0. The first-order chi connectivity index (χ1) is 12.3. The molecule has 0 unspecified atom stereocenters. The van der Waals surface area contributed by atoms with E-state index in [4.69, 9.17) is 14.5 Å². The molecule has 0 saturated carbocycles. The van der Waals surface area contributed by atoms with Gasteiger partial charge in [0.1, 0.15) is 5.82 Å². The largest absolute Gasteiger partial charge is 0.378 e. The molecule has 0 atom stereocenters. The number of aromatic nitrogens is 1. The summed E-state index contributed by atoms with van der Waals surface area (Å²) in [6.07, 6.45) is 0. The summed E-state index contributed by atoms with van der Waals surface area (Å²) in [4.78, 5) is 9.70. The Morgan fingerprint density at radius 3 is 2.20 bits per heavy atom. The summed E-state index contributed by atoms with van der Waals surface area (Å²) in [6.45, 7) is 8.88. The van der Waals surface area contributed by atoms with Crippen LogP contribution in [0.4, 0.5) is 11.5 Å². The van der Waals surface area contributed by atoms with E-state index in [1.165, 1.54) is 16.8 Å². The van der Waals surface area contributed by atoms with Gasteiger partial charge in [-0.3, -0.25) is 0 Å². The highest BCUT2D eigenvalue weighted by molar-refractivity contribution is 5.69. The zero-order valence-corrected chi connectivity index (χ0v) is 14.8. The average molecular weight is 339 g/mol. The van der Waals surface area contributed by atoms with Gasteiger partial charge in [0.15, 0.2) is 0 Å². The molecular formula is C20H25N3O2. The summed E-state index contributed by atoms with van der Waals surface area (Å²) in [5, 5.41) is 0. The Kier molecular flexibility index (Phi) is 4.85. The molecule has 1 aromatic carbocycles. The van der Waals surface area contributed by atoms with Crippen LogP contribution in [0.25, 0.3) is 11.3 Å². The number of rotatable bonds is 3. The third-order valence-electron chi connectivity index (χ3n) is 4.82. The number of pyridine rings is 1. The molecule has 2 aliphatic heterocycles. The van der Waals surface area contributed by atoms with Crippen LogP contribution in [-0.2, 0) is 9.47 Å². The monoisotopic (exact) mass is 339 g/mol. The third-order valence-corrected chi connectivity index (χ3v) is 4.82. The smallest absolute Gasteiger partial charge is 0.131 e. The Morgan fingerprint density at radius 1 is 0.840 bits per heavy atom. The highest BCUT2D eigenvalue weighted by Gasteiger charge is 2.18. The lowest BCUT2D eigenvalue weighted by atomic mass is 10.1. The van der Waals surface area contributed by atoms with Crippen LogP contribution in [0.2, 0.25) is 0 Å². The van der Waals surface area contributed by atoms with E-state index >= 15 is 0 Å². The molecule has 2 fully saturated rings. The average Bonchev–Trinajstić information content (AvgIpc) is 2.69. The molecule has 0 N–H and O–H groups in total. The van der Waals surface area contributed by atoms with Gasteiger partial charge in [-0.1, -0.05) is 23.8 Å². The highest BCUT2D eigenvalue weighted by Crippen LogP contribution is 2.29. The van der Waals surface area contributed by atoms with Gasteiger partial charge in [0.2, 0.25) is 0 Å². The Bertz CT molecular complexity index is 686. The van der Waals surface area contributed by atoms with Crippen molar-refractivity contribution in [3.63, 3.8) is 0 Å². The molecule has 3 heterocycles. The topological polar surface area (TPSA) is 37.8 Å². The summed E-state index contributed by atoms with van der Waals surface area (Å²) in [5.74, 6) is 1.05. The quantitative estimate of drug-likeness (QED) is 0.860. The number of anilines is 2. The van der Waals surface area contributed by atoms with Crippen molar-refractivity contribution in [1.29, 1.82) is 0 Å². The maximum absolute atomic E-state index is 5.51. The van der Waals surface area contributed by atoms with Crippen LogP contribution in [0.15, 0.2) is 36.4 Å². The zero-order chi connectivity index (χ0) is 17.1. The lowest BCUT2D eigenvalue weighted by molar-refractivity contribution is 0.122. The van der Waals surface area contributed by atoms with Gasteiger partial charge in [0.05, 0.1) is 32.1 Å². The van der Waals surface area contributed by atoms with Crippen LogP contribution in [0.5, 0.6) is 0 Å². The number of aryl methyl sites for hydroxylation is 1. The van der Waals surface area contributed by atoms with Crippen LogP contribution in [0.3, 0.4) is 0 Å². The second-order valence-corrected chi connectivity index (χ2v) is 6.64. The van der Waals surface area contributed by atoms with Crippen molar-refractivity contribution in [1.82, 2.24) is 4.98 Å². The molecule has 2 aromatic rings. The van der Waals surface area contributed by atoms with E-state index in [2.05, 4.69) is 53.1 Å². The second kappa shape index (κ2) is 7.42. The summed E-state index contributed by atoms with van der Waals surface area (Å²) in [5.41, 5.74) is 4.69. The maximum Gasteiger partial charge on any atom is 0.131 e. The Hall–Kier alpha value is -2.11. The molecular weight excluding hydrogens is 314 g/mol. The fourth-order valence-corrected chi connectivity index (χ4v) is 3.41. The highest BCUT2D eigenvalue weighted by atomic mass is 16.5. The first-order valence-electron chi connectivity index (χ1n) is 9.04. The molecule has 5 heteroatoms. The normalized spacial score (nSPS) is 18.4. The van der Waals surface area contributed by atoms with Gasteiger partial charge in [0.25, 0.3) is 0 Å². The van der Waals surface area contributed by atoms with E-state index in [0.29, 0.717) is 0 Å². The van der Waals surface area contributed by atoms with E-state index in [9.17, 15) is 0 Å². The standard InChI is InChI=1S/C20H25N3O2/c1-16-3-2-4-17(13-16)19-14-18(22-5-9-24-10-6-22)15-20(21-19)23-7-11-25-12-8-23/h2-4,13-15H,5-12H2,1H3. The van der Waals surface area contributed by atoms with Crippen LogP contribution in [0.1, 0.15) is 5.56 Å². The van der Waals surface area contributed by atoms with Crippen LogP contribution >= 0.6 is 0 Å². The molecule has 0 aliphatic carbocycles. The molecule has 0 spiro atoms. The van der Waals surface area contributed by atoms with E-state index in [1.54, 1.807) is 0 Å². The Labute approximate surface area is 149 Å². The van der Waals surface area contributed by atoms with Crippen molar-refractivity contribution in [3.8, 4) is 11.3 Å². The number of benzene rings is 1. The summed E-state index contributed by atoms with van der Waals surface area (Å²) in [6, 6.07) is 13.0. The van der Waals surface area contributed by atoms with Crippen molar-refractivity contribution >= 4 is 11.5 Å². The van der Waals surface area contributed by atoms with E-state index in [-0.39, 0.29) is 0 Å². The van der Waals surface area contributed by atoms with Gasteiger partial charge in [0, 0.05) is 43.5 Å². The molecule has 4 rings (SSSR count).